The van der Waals surface area contributed by atoms with Crippen molar-refractivity contribution in [3.63, 3.8) is 0 Å². The van der Waals surface area contributed by atoms with Gasteiger partial charge in [-0.3, -0.25) is 0 Å². The quantitative estimate of drug-likeness (QED) is 0.772. The van der Waals surface area contributed by atoms with E-state index in [9.17, 15) is 5.26 Å². The number of benzene rings is 2. The maximum absolute atomic E-state index is 9.38. The Morgan fingerprint density at radius 3 is 2.67 bits per heavy atom. The molecule has 0 spiro atoms. The monoisotopic (exact) mass is 279 g/mol. The molecule has 0 bridgehead atoms. The van der Waals surface area contributed by atoms with Crippen molar-refractivity contribution in [3.05, 3.63) is 65.2 Å². The Hall–Kier alpha value is -2.27. The molecular weight excluding hydrogens is 258 g/mol. The first-order valence-corrected chi connectivity index (χ1v) is 7.41. The summed E-state index contributed by atoms with van der Waals surface area (Å²) in [6, 6.07) is 18.6. The van der Waals surface area contributed by atoms with Crippen LogP contribution >= 0.6 is 0 Å². The SMILES string of the molecule is CCc1cccc(OCCC(C#N)c2ccccc2C)c1. The zero-order valence-corrected chi connectivity index (χ0v) is 12.7. The molecule has 1 atom stereocenters. The van der Waals surface area contributed by atoms with Crippen molar-refractivity contribution >= 4 is 0 Å². The third kappa shape index (κ3) is 4.10. The minimum atomic E-state index is -0.111. The number of hydrogen-bond acceptors (Lipinski definition) is 2. The van der Waals surface area contributed by atoms with E-state index in [4.69, 9.17) is 4.74 Å². The molecule has 0 aliphatic heterocycles. The van der Waals surface area contributed by atoms with Gasteiger partial charge >= 0.3 is 0 Å². The summed E-state index contributed by atoms with van der Waals surface area (Å²) in [6.07, 6.45) is 1.71. The lowest BCUT2D eigenvalue weighted by Gasteiger charge is -2.13. The van der Waals surface area contributed by atoms with Crippen LogP contribution < -0.4 is 4.74 Å². The van der Waals surface area contributed by atoms with Gasteiger partial charge in [-0.15, -0.1) is 0 Å². The molecule has 0 radical (unpaired) electrons. The molecule has 21 heavy (non-hydrogen) atoms. The average molecular weight is 279 g/mol. The van der Waals surface area contributed by atoms with Crippen molar-refractivity contribution in [3.8, 4) is 11.8 Å². The predicted octanol–water partition coefficient (Wildman–Crippen LogP) is 4.63. The van der Waals surface area contributed by atoms with Crippen LogP contribution in [0.1, 0.15) is 36.0 Å². The number of aryl methyl sites for hydroxylation is 2. The molecule has 2 rings (SSSR count). The van der Waals surface area contributed by atoms with E-state index in [1.165, 1.54) is 5.56 Å². The van der Waals surface area contributed by atoms with Crippen LogP contribution in [0.2, 0.25) is 0 Å². The summed E-state index contributed by atoms with van der Waals surface area (Å²) in [5.41, 5.74) is 3.53. The first-order chi connectivity index (χ1) is 10.2. The molecule has 0 N–H and O–H groups in total. The minimum Gasteiger partial charge on any atom is -0.494 e. The highest BCUT2D eigenvalue weighted by molar-refractivity contribution is 5.33. The van der Waals surface area contributed by atoms with E-state index in [-0.39, 0.29) is 5.92 Å². The minimum absolute atomic E-state index is 0.111. The predicted molar refractivity (Wildman–Crippen MR) is 85.5 cm³/mol. The molecule has 2 aromatic carbocycles. The first-order valence-electron chi connectivity index (χ1n) is 7.41. The second-order valence-corrected chi connectivity index (χ2v) is 5.18. The van der Waals surface area contributed by atoms with E-state index < -0.39 is 0 Å². The second kappa shape index (κ2) is 7.50. The average Bonchev–Trinajstić information content (AvgIpc) is 2.53. The van der Waals surface area contributed by atoms with Gasteiger partial charge in [0.05, 0.1) is 18.6 Å². The standard InChI is InChI=1S/C19H21NO/c1-3-16-8-6-9-18(13-16)21-12-11-17(14-20)19-10-5-4-7-15(19)2/h4-10,13,17H,3,11-12H2,1-2H3. The zero-order chi connectivity index (χ0) is 15.1. The van der Waals surface area contributed by atoms with Crippen LogP contribution in [-0.2, 0) is 6.42 Å². The van der Waals surface area contributed by atoms with Gasteiger partial charge in [0.15, 0.2) is 0 Å². The normalized spacial score (nSPS) is 11.7. The maximum Gasteiger partial charge on any atom is 0.119 e. The Bertz CT molecular complexity index is 627. The van der Waals surface area contributed by atoms with Crippen LogP contribution in [0, 0.1) is 18.3 Å². The van der Waals surface area contributed by atoms with E-state index in [2.05, 4.69) is 25.1 Å². The van der Waals surface area contributed by atoms with Gasteiger partial charge < -0.3 is 4.74 Å². The van der Waals surface area contributed by atoms with Crippen molar-refractivity contribution < 1.29 is 4.74 Å². The summed E-state index contributed by atoms with van der Waals surface area (Å²) in [4.78, 5) is 0. The summed E-state index contributed by atoms with van der Waals surface area (Å²) in [7, 11) is 0. The molecule has 0 amide bonds. The van der Waals surface area contributed by atoms with Gasteiger partial charge in [-0.25, -0.2) is 0 Å². The molecule has 2 aromatic rings. The van der Waals surface area contributed by atoms with Crippen LogP contribution in [0.25, 0.3) is 0 Å². The lowest BCUT2D eigenvalue weighted by atomic mass is 9.94. The van der Waals surface area contributed by atoms with Crippen LogP contribution in [-0.4, -0.2) is 6.61 Å². The fourth-order valence-corrected chi connectivity index (χ4v) is 2.42. The Balaban J connectivity index is 1.95. The molecular formula is C19H21NO. The van der Waals surface area contributed by atoms with Crippen LogP contribution in [0.4, 0.5) is 0 Å². The second-order valence-electron chi connectivity index (χ2n) is 5.18. The molecule has 2 heteroatoms. The van der Waals surface area contributed by atoms with Gasteiger partial charge in [0.25, 0.3) is 0 Å². The Kier molecular flexibility index (Phi) is 5.40. The van der Waals surface area contributed by atoms with Gasteiger partial charge in [-0.2, -0.15) is 5.26 Å². The molecule has 1 unspecified atom stereocenters. The molecule has 0 aliphatic rings. The Morgan fingerprint density at radius 1 is 1.14 bits per heavy atom. The number of nitrogens with zero attached hydrogens (tertiary/aromatic N) is 1. The van der Waals surface area contributed by atoms with Crippen LogP contribution in [0.3, 0.4) is 0 Å². The van der Waals surface area contributed by atoms with Crippen molar-refractivity contribution in [1.29, 1.82) is 5.26 Å². The molecule has 2 nitrogen and oxygen atoms in total. The fraction of sp³-hybridized carbons (Fsp3) is 0.316. The topological polar surface area (TPSA) is 33.0 Å². The summed E-state index contributed by atoms with van der Waals surface area (Å²) in [5, 5.41) is 9.38. The van der Waals surface area contributed by atoms with Gasteiger partial charge in [0.1, 0.15) is 5.75 Å². The van der Waals surface area contributed by atoms with Crippen molar-refractivity contribution in [2.45, 2.75) is 32.6 Å². The van der Waals surface area contributed by atoms with Gasteiger partial charge in [-0.05, 0) is 42.2 Å². The van der Waals surface area contributed by atoms with Crippen molar-refractivity contribution in [2.24, 2.45) is 0 Å². The molecule has 108 valence electrons. The maximum atomic E-state index is 9.38. The zero-order valence-electron chi connectivity index (χ0n) is 12.7. The molecule has 0 heterocycles. The molecule has 0 fully saturated rings. The molecule has 0 saturated heterocycles. The Morgan fingerprint density at radius 2 is 1.95 bits per heavy atom. The fourth-order valence-electron chi connectivity index (χ4n) is 2.42. The highest BCUT2D eigenvalue weighted by Gasteiger charge is 2.12. The third-order valence-corrected chi connectivity index (χ3v) is 3.70. The summed E-state index contributed by atoms with van der Waals surface area (Å²) < 4.78 is 5.79. The van der Waals surface area contributed by atoms with E-state index in [0.717, 1.165) is 23.3 Å². The first kappa shape index (κ1) is 15.1. The number of nitriles is 1. The smallest absolute Gasteiger partial charge is 0.119 e. The Labute approximate surface area is 127 Å². The summed E-state index contributed by atoms with van der Waals surface area (Å²) in [5.74, 6) is 0.774. The van der Waals surface area contributed by atoms with Gasteiger partial charge in [0.2, 0.25) is 0 Å². The van der Waals surface area contributed by atoms with E-state index in [0.29, 0.717) is 13.0 Å². The molecule has 0 saturated carbocycles. The lowest BCUT2D eigenvalue weighted by Crippen LogP contribution is -2.06. The van der Waals surface area contributed by atoms with E-state index >= 15 is 0 Å². The van der Waals surface area contributed by atoms with Crippen LogP contribution in [0.5, 0.6) is 5.75 Å². The largest absolute Gasteiger partial charge is 0.494 e. The molecule has 0 aliphatic carbocycles. The number of ether oxygens (including phenoxy) is 1. The lowest BCUT2D eigenvalue weighted by molar-refractivity contribution is 0.305. The van der Waals surface area contributed by atoms with Gasteiger partial charge in [0, 0.05) is 6.42 Å². The number of rotatable bonds is 6. The molecule has 0 aromatic heterocycles. The van der Waals surface area contributed by atoms with Crippen molar-refractivity contribution in [2.75, 3.05) is 6.61 Å². The van der Waals surface area contributed by atoms with E-state index in [1.54, 1.807) is 0 Å². The van der Waals surface area contributed by atoms with Crippen molar-refractivity contribution in [1.82, 2.24) is 0 Å². The highest BCUT2D eigenvalue weighted by Crippen LogP contribution is 2.23. The van der Waals surface area contributed by atoms with Crippen LogP contribution in [0.15, 0.2) is 48.5 Å². The highest BCUT2D eigenvalue weighted by atomic mass is 16.5. The number of hydrogen-bond donors (Lipinski definition) is 0. The summed E-state index contributed by atoms with van der Waals surface area (Å²) in [6.45, 7) is 4.73. The third-order valence-electron chi connectivity index (χ3n) is 3.70. The summed E-state index contributed by atoms with van der Waals surface area (Å²) >= 11 is 0. The van der Waals surface area contributed by atoms with E-state index in [1.807, 2.05) is 43.3 Å². The van der Waals surface area contributed by atoms with Gasteiger partial charge in [-0.1, -0.05) is 43.3 Å².